The van der Waals surface area contributed by atoms with Crippen LogP contribution in [0.2, 0.25) is 0 Å². The molecule has 0 bridgehead atoms. The Morgan fingerprint density at radius 1 is 1.31 bits per heavy atom. The van der Waals surface area contributed by atoms with Crippen molar-refractivity contribution in [1.82, 2.24) is 0 Å². The number of nitrogens with zero attached hydrogens (tertiary/aromatic N) is 1. The lowest BCUT2D eigenvalue weighted by atomic mass is 9.90. The zero-order valence-corrected chi connectivity index (χ0v) is 12.2. The number of halogens is 1. The molecule has 2 nitrogen and oxygen atoms in total. The lowest BCUT2D eigenvalue weighted by molar-refractivity contribution is -0.597. The monoisotopic (exact) mass is 330 g/mol. The molecule has 0 saturated heterocycles. The maximum Gasteiger partial charge on any atom is 0.223 e. The molecule has 2 rings (SSSR count). The fourth-order valence-electron chi connectivity index (χ4n) is 2.17. The molecular formula is C13H17INO+. The van der Waals surface area contributed by atoms with Gasteiger partial charge in [-0.15, -0.1) is 0 Å². The summed E-state index contributed by atoms with van der Waals surface area (Å²) in [6.45, 7) is 8.38. The molecule has 1 aliphatic rings. The van der Waals surface area contributed by atoms with Crippen LogP contribution in [0.5, 0.6) is 0 Å². The summed E-state index contributed by atoms with van der Waals surface area (Å²) in [5.41, 5.74) is 1.31. The second-order valence-corrected chi connectivity index (χ2v) is 6.52. The minimum Gasteiger partial charge on any atom is -0.374 e. The predicted molar refractivity (Wildman–Crippen MR) is 72.9 cm³/mol. The van der Waals surface area contributed by atoms with Crippen LogP contribution in [0, 0.1) is 5.41 Å². The summed E-state index contributed by atoms with van der Waals surface area (Å²) in [7, 11) is 0. The van der Waals surface area contributed by atoms with Crippen LogP contribution >= 0.6 is 22.6 Å². The van der Waals surface area contributed by atoms with E-state index in [2.05, 4.69) is 47.9 Å². The van der Waals surface area contributed by atoms with Gasteiger partial charge in [0.15, 0.2) is 11.8 Å². The molecule has 86 valence electrons. The highest BCUT2D eigenvalue weighted by atomic mass is 127. The second-order valence-electron chi connectivity index (χ2n) is 5.44. The van der Waals surface area contributed by atoms with E-state index >= 15 is 0 Å². The van der Waals surface area contributed by atoms with Crippen molar-refractivity contribution < 1.29 is 9.67 Å². The minimum atomic E-state index is -0.857. The summed E-state index contributed by atoms with van der Waals surface area (Å²) >= 11 is 2.27. The van der Waals surface area contributed by atoms with Gasteiger partial charge in [-0.1, -0.05) is 20.8 Å². The third kappa shape index (κ3) is 1.61. The van der Waals surface area contributed by atoms with E-state index in [9.17, 15) is 5.11 Å². The normalized spacial score (nSPS) is 24.9. The molecule has 0 radical (unpaired) electrons. The number of allylic oxidation sites excluding steroid dienone is 1. The Bertz CT molecular complexity index is 469. The van der Waals surface area contributed by atoms with Gasteiger partial charge in [-0.25, -0.2) is 0 Å². The molecule has 2 heterocycles. The molecule has 16 heavy (non-hydrogen) atoms. The standard InChI is InChI=1S/C13H17INO/c1-12(2,3)11-10(14)13(4,16)9-7-5-6-8-15(9)11/h5-8,16H,1-4H3/q+1. The van der Waals surface area contributed by atoms with Crippen molar-refractivity contribution in [3.8, 4) is 0 Å². The van der Waals surface area contributed by atoms with E-state index in [0.29, 0.717) is 0 Å². The van der Waals surface area contributed by atoms with Gasteiger partial charge in [0, 0.05) is 17.5 Å². The van der Waals surface area contributed by atoms with Gasteiger partial charge < -0.3 is 5.11 Å². The number of aliphatic hydroxyl groups is 1. The van der Waals surface area contributed by atoms with Crippen molar-refractivity contribution in [3.05, 3.63) is 33.7 Å². The summed E-state index contributed by atoms with van der Waals surface area (Å²) in [5.74, 6) is 0. The summed E-state index contributed by atoms with van der Waals surface area (Å²) < 4.78 is 3.13. The predicted octanol–water partition coefficient (Wildman–Crippen LogP) is 2.84. The zero-order valence-electron chi connectivity index (χ0n) is 10.1. The number of pyridine rings is 1. The van der Waals surface area contributed by atoms with Gasteiger partial charge in [0.05, 0.1) is 0 Å². The average molecular weight is 330 g/mol. The van der Waals surface area contributed by atoms with Crippen LogP contribution < -0.4 is 4.57 Å². The molecular weight excluding hydrogens is 313 g/mol. The Morgan fingerprint density at radius 2 is 1.94 bits per heavy atom. The summed E-state index contributed by atoms with van der Waals surface area (Å²) in [6.07, 6.45) is 2.02. The van der Waals surface area contributed by atoms with E-state index in [1.807, 2.05) is 31.3 Å². The Kier molecular flexibility index (Phi) is 2.66. The Morgan fingerprint density at radius 3 is 2.50 bits per heavy atom. The molecule has 1 aromatic rings. The van der Waals surface area contributed by atoms with Gasteiger partial charge >= 0.3 is 0 Å². The van der Waals surface area contributed by atoms with Gasteiger partial charge in [-0.05, 0) is 35.6 Å². The number of rotatable bonds is 0. The Balaban J connectivity index is 2.75. The maximum atomic E-state index is 10.6. The van der Waals surface area contributed by atoms with E-state index in [1.54, 1.807) is 0 Å². The molecule has 0 aliphatic carbocycles. The van der Waals surface area contributed by atoms with E-state index in [1.165, 1.54) is 5.70 Å². The van der Waals surface area contributed by atoms with Crippen LogP contribution in [0.25, 0.3) is 5.70 Å². The molecule has 1 aromatic heterocycles. The topological polar surface area (TPSA) is 24.1 Å². The lowest BCUT2D eigenvalue weighted by Gasteiger charge is -2.16. The molecule has 0 fully saturated rings. The van der Waals surface area contributed by atoms with E-state index in [0.717, 1.165) is 9.27 Å². The fourth-order valence-corrected chi connectivity index (χ4v) is 3.52. The van der Waals surface area contributed by atoms with E-state index in [-0.39, 0.29) is 5.41 Å². The van der Waals surface area contributed by atoms with Crippen molar-refractivity contribution in [2.75, 3.05) is 0 Å². The number of hydrogen-bond donors (Lipinski definition) is 1. The summed E-state index contributed by atoms with van der Waals surface area (Å²) in [5, 5.41) is 10.6. The second kappa shape index (κ2) is 3.53. The molecule has 3 heteroatoms. The number of aromatic nitrogens is 1. The van der Waals surface area contributed by atoms with Crippen LogP contribution in [0.4, 0.5) is 0 Å². The van der Waals surface area contributed by atoms with Crippen LogP contribution in [0.15, 0.2) is 28.0 Å². The van der Waals surface area contributed by atoms with Crippen LogP contribution in [0.3, 0.4) is 0 Å². The fraction of sp³-hybridized carbons (Fsp3) is 0.462. The first-order valence-corrected chi connectivity index (χ1v) is 6.49. The highest BCUT2D eigenvalue weighted by molar-refractivity contribution is 14.1. The highest BCUT2D eigenvalue weighted by Crippen LogP contribution is 2.44. The average Bonchev–Trinajstić information content (AvgIpc) is 2.35. The van der Waals surface area contributed by atoms with Gasteiger partial charge in [0.25, 0.3) is 0 Å². The van der Waals surface area contributed by atoms with Crippen molar-refractivity contribution in [2.45, 2.75) is 33.3 Å². The first-order chi connectivity index (χ1) is 7.26. The van der Waals surface area contributed by atoms with Gasteiger partial charge in [0.2, 0.25) is 11.4 Å². The molecule has 0 aromatic carbocycles. The quantitative estimate of drug-likeness (QED) is 0.574. The molecule has 0 saturated carbocycles. The first kappa shape index (κ1) is 12.0. The third-order valence-corrected chi connectivity index (χ3v) is 4.51. The highest BCUT2D eigenvalue weighted by Gasteiger charge is 2.50. The van der Waals surface area contributed by atoms with Crippen molar-refractivity contribution in [3.63, 3.8) is 0 Å². The van der Waals surface area contributed by atoms with Crippen molar-refractivity contribution >= 4 is 28.3 Å². The Labute approximate surface area is 110 Å². The largest absolute Gasteiger partial charge is 0.374 e. The zero-order chi connectivity index (χ0) is 12.1. The van der Waals surface area contributed by atoms with Crippen LogP contribution in [0.1, 0.15) is 33.4 Å². The SMILES string of the molecule is CC(C)(C)C1=C(I)C(C)(O)c2cccc[n+]21. The minimum absolute atomic E-state index is 0.0256. The lowest BCUT2D eigenvalue weighted by Crippen LogP contribution is -2.40. The first-order valence-electron chi connectivity index (χ1n) is 5.41. The summed E-state index contributed by atoms with van der Waals surface area (Å²) in [6, 6.07) is 5.95. The van der Waals surface area contributed by atoms with Crippen molar-refractivity contribution in [2.24, 2.45) is 5.41 Å². The van der Waals surface area contributed by atoms with Gasteiger partial charge in [0.1, 0.15) is 3.58 Å². The van der Waals surface area contributed by atoms with Gasteiger partial charge in [-0.3, -0.25) is 0 Å². The van der Waals surface area contributed by atoms with E-state index in [4.69, 9.17) is 0 Å². The molecule has 1 unspecified atom stereocenters. The number of fused-ring (bicyclic) bond motifs is 1. The molecule has 0 spiro atoms. The Hall–Kier alpha value is -0.420. The smallest absolute Gasteiger partial charge is 0.223 e. The van der Waals surface area contributed by atoms with Crippen LogP contribution in [-0.4, -0.2) is 5.11 Å². The number of hydrogen-bond acceptors (Lipinski definition) is 1. The van der Waals surface area contributed by atoms with Gasteiger partial charge in [-0.2, -0.15) is 4.57 Å². The van der Waals surface area contributed by atoms with E-state index < -0.39 is 5.60 Å². The maximum absolute atomic E-state index is 10.6. The van der Waals surface area contributed by atoms with Crippen LogP contribution in [-0.2, 0) is 5.60 Å². The molecule has 1 atom stereocenters. The molecule has 1 aliphatic heterocycles. The molecule has 1 N–H and O–H groups in total. The van der Waals surface area contributed by atoms with Crippen molar-refractivity contribution in [1.29, 1.82) is 0 Å². The third-order valence-electron chi connectivity index (χ3n) is 2.95. The molecule has 0 amide bonds. The summed E-state index contributed by atoms with van der Waals surface area (Å²) in [4.78, 5) is 0.